The van der Waals surface area contributed by atoms with E-state index < -0.39 is 0 Å². The summed E-state index contributed by atoms with van der Waals surface area (Å²) in [5, 5.41) is 8.64. The smallest absolute Gasteiger partial charge is 0.251 e. The number of nitrogens with one attached hydrogen (secondary N) is 3. The van der Waals surface area contributed by atoms with E-state index >= 15 is 0 Å². The fourth-order valence-corrected chi connectivity index (χ4v) is 2.45. The summed E-state index contributed by atoms with van der Waals surface area (Å²) >= 11 is 0. The Kier molecular flexibility index (Phi) is 8.16. The minimum Gasteiger partial charge on any atom is -0.491 e. The van der Waals surface area contributed by atoms with Crippen LogP contribution in [0.4, 0.5) is 11.4 Å². The molecule has 0 bridgehead atoms. The van der Waals surface area contributed by atoms with Gasteiger partial charge in [-0.3, -0.25) is 9.59 Å². The average Bonchev–Trinajstić information content (AvgIpc) is 2.68. The maximum Gasteiger partial charge on any atom is 0.251 e. The molecule has 6 nitrogen and oxygen atoms in total. The number of amides is 2. The van der Waals surface area contributed by atoms with Crippen LogP contribution < -0.4 is 20.7 Å². The summed E-state index contributed by atoms with van der Waals surface area (Å²) in [7, 11) is 0. The number of anilines is 2. The van der Waals surface area contributed by atoms with E-state index in [-0.39, 0.29) is 18.4 Å². The van der Waals surface area contributed by atoms with Gasteiger partial charge < -0.3 is 20.7 Å². The SMILES string of the molecule is CCCCOc1ccccc1NCC(=O)Nc1cccc(C(=O)NCC)c1. The molecule has 0 aromatic heterocycles. The highest BCUT2D eigenvalue weighted by molar-refractivity contribution is 5.98. The number of para-hydroxylation sites is 2. The maximum absolute atomic E-state index is 12.2. The third-order valence-corrected chi connectivity index (χ3v) is 3.83. The summed E-state index contributed by atoms with van der Waals surface area (Å²) in [6.07, 6.45) is 2.05. The highest BCUT2D eigenvalue weighted by Gasteiger charge is 2.08. The van der Waals surface area contributed by atoms with Crippen LogP contribution >= 0.6 is 0 Å². The Morgan fingerprint density at radius 3 is 2.63 bits per heavy atom. The molecular formula is C21H27N3O3. The lowest BCUT2D eigenvalue weighted by atomic mass is 10.2. The molecule has 0 unspecified atom stereocenters. The van der Waals surface area contributed by atoms with Crippen molar-refractivity contribution >= 4 is 23.2 Å². The van der Waals surface area contributed by atoms with Gasteiger partial charge in [0.2, 0.25) is 5.91 Å². The minimum absolute atomic E-state index is 0.0968. The fourth-order valence-electron chi connectivity index (χ4n) is 2.45. The van der Waals surface area contributed by atoms with Gasteiger partial charge in [0.05, 0.1) is 18.8 Å². The summed E-state index contributed by atoms with van der Waals surface area (Å²) in [5.74, 6) is 0.369. The van der Waals surface area contributed by atoms with Gasteiger partial charge in [0.1, 0.15) is 5.75 Å². The van der Waals surface area contributed by atoms with Crippen LogP contribution in [-0.2, 0) is 4.79 Å². The second-order valence-corrected chi connectivity index (χ2v) is 6.04. The minimum atomic E-state index is -0.202. The first kappa shape index (κ1) is 20.3. The van der Waals surface area contributed by atoms with Crippen LogP contribution in [0.2, 0.25) is 0 Å². The summed E-state index contributed by atoms with van der Waals surface area (Å²) < 4.78 is 5.75. The van der Waals surface area contributed by atoms with E-state index in [4.69, 9.17) is 4.74 Å². The quantitative estimate of drug-likeness (QED) is 0.558. The second kappa shape index (κ2) is 10.9. The highest BCUT2D eigenvalue weighted by atomic mass is 16.5. The van der Waals surface area contributed by atoms with Crippen molar-refractivity contribution in [1.29, 1.82) is 0 Å². The molecule has 27 heavy (non-hydrogen) atoms. The summed E-state index contributed by atoms with van der Waals surface area (Å²) in [6.45, 7) is 5.27. The highest BCUT2D eigenvalue weighted by Crippen LogP contribution is 2.23. The normalized spacial score (nSPS) is 10.1. The molecule has 0 heterocycles. The van der Waals surface area contributed by atoms with Gasteiger partial charge in [-0.1, -0.05) is 31.5 Å². The van der Waals surface area contributed by atoms with Crippen molar-refractivity contribution in [3.05, 3.63) is 54.1 Å². The van der Waals surface area contributed by atoms with Crippen molar-refractivity contribution < 1.29 is 14.3 Å². The van der Waals surface area contributed by atoms with Gasteiger partial charge in [-0.25, -0.2) is 0 Å². The number of carbonyl (C=O) groups excluding carboxylic acids is 2. The van der Waals surface area contributed by atoms with E-state index in [9.17, 15) is 9.59 Å². The number of benzene rings is 2. The van der Waals surface area contributed by atoms with Gasteiger partial charge in [0.15, 0.2) is 0 Å². The molecule has 2 aromatic carbocycles. The zero-order chi connectivity index (χ0) is 19.5. The molecule has 0 saturated heterocycles. The largest absolute Gasteiger partial charge is 0.491 e. The van der Waals surface area contributed by atoms with Gasteiger partial charge in [-0.05, 0) is 43.7 Å². The van der Waals surface area contributed by atoms with Crippen LogP contribution in [-0.4, -0.2) is 31.5 Å². The number of hydrogen-bond acceptors (Lipinski definition) is 4. The van der Waals surface area contributed by atoms with Crippen molar-refractivity contribution in [3.8, 4) is 5.75 Å². The van der Waals surface area contributed by atoms with Crippen molar-refractivity contribution in [2.45, 2.75) is 26.7 Å². The lowest BCUT2D eigenvalue weighted by molar-refractivity contribution is -0.114. The van der Waals surface area contributed by atoms with Crippen LogP contribution in [0.25, 0.3) is 0 Å². The molecule has 0 spiro atoms. The first-order chi connectivity index (χ1) is 13.1. The number of ether oxygens (including phenoxy) is 1. The molecule has 0 radical (unpaired) electrons. The molecule has 0 fully saturated rings. The molecule has 0 saturated carbocycles. The van der Waals surface area contributed by atoms with E-state index in [0.29, 0.717) is 24.4 Å². The van der Waals surface area contributed by atoms with Crippen LogP contribution in [0, 0.1) is 0 Å². The second-order valence-electron chi connectivity index (χ2n) is 6.04. The van der Waals surface area contributed by atoms with Gasteiger partial charge in [-0.15, -0.1) is 0 Å². The lowest BCUT2D eigenvalue weighted by Crippen LogP contribution is -2.24. The first-order valence-corrected chi connectivity index (χ1v) is 9.27. The van der Waals surface area contributed by atoms with Crippen molar-refractivity contribution in [2.24, 2.45) is 0 Å². The third-order valence-electron chi connectivity index (χ3n) is 3.83. The molecule has 144 valence electrons. The Labute approximate surface area is 160 Å². The molecule has 0 aliphatic rings. The van der Waals surface area contributed by atoms with Gasteiger partial charge >= 0.3 is 0 Å². The Morgan fingerprint density at radius 1 is 1.04 bits per heavy atom. The van der Waals surface area contributed by atoms with Crippen LogP contribution in [0.3, 0.4) is 0 Å². The molecule has 0 aliphatic carbocycles. The molecule has 6 heteroatoms. The first-order valence-electron chi connectivity index (χ1n) is 9.27. The van der Waals surface area contributed by atoms with Gasteiger partial charge in [-0.2, -0.15) is 0 Å². The Hall–Kier alpha value is -3.02. The monoisotopic (exact) mass is 369 g/mol. The summed E-state index contributed by atoms with van der Waals surface area (Å²) in [4.78, 5) is 24.1. The number of unbranched alkanes of at least 4 members (excludes halogenated alkanes) is 1. The predicted molar refractivity (Wildman–Crippen MR) is 108 cm³/mol. The standard InChI is InChI=1S/C21H27N3O3/c1-3-5-13-27-19-12-7-6-11-18(19)23-15-20(25)24-17-10-8-9-16(14-17)21(26)22-4-2/h6-12,14,23H,3-5,13,15H2,1-2H3,(H,22,26)(H,24,25). The number of hydrogen-bond donors (Lipinski definition) is 3. The predicted octanol–water partition coefficient (Wildman–Crippen LogP) is 3.67. The summed E-state index contributed by atoms with van der Waals surface area (Å²) in [6, 6.07) is 14.4. The van der Waals surface area contributed by atoms with E-state index in [1.807, 2.05) is 31.2 Å². The van der Waals surface area contributed by atoms with Crippen LogP contribution in [0.1, 0.15) is 37.0 Å². The topological polar surface area (TPSA) is 79.5 Å². The molecule has 0 aliphatic heterocycles. The van der Waals surface area contributed by atoms with Crippen molar-refractivity contribution in [1.82, 2.24) is 5.32 Å². The maximum atomic E-state index is 12.2. The lowest BCUT2D eigenvalue weighted by Gasteiger charge is -2.13. The fraction of sp³-hybridized carbons (Fsp3) is 0.333. The number of rotatable bonds is 10. The van der Waals surface area contributed by atoms with Crippen LogP contribution in [0.15, 0.2) is 48.5 Å². The van der Waals surface area contributed by atoms with Crippen molar-refractivity contribution in [2.75, 3.05) is 30.3 Å². The van der Waals surface area contributed by atoms with Gasteiger partial charge in [0, 0.05) is 17.8 Å². The molecule has 2 aromatic rings. The zero-order valence-corrected chi connectivity index (χ0v) is 15.9. The molecule has 0 atom stereocenters. The van der Waals surface area contributed by atoms with E-state index in [1.165, 1.54) is 0 Å². The van der Waals surface area contributed by atoms with Crippen molar-refractivity contribution in [3.63, 3.8) is 0 Å². The zero-order valence-electron chi connectivity index (χ0n) is 15.9. The molecule has 2 rings (SSSR count). The van der Waals surface area contributed by atoms with Crippen LogP contribution in [0.5, 0.6) is 5.75 Å². The molecular weight excluding hydrogens is 342 g/mol. The third kappa shape index (κ3) is 6.66. The Morgan fingerprint density at radius 2 is 1.85 bits per heavy atom. The van der Waals surface area contributed by atoms with Gasteiger partial charge in [0.25, 0.3) is 5.91 Å². The van der Waals surface area contributed by atoms with E-state index in [2.05, 4.69) is 22.9 Å². The Balaban J connectivity index is 1.92. The Bertz CT molecular complexity index is 762. The van der Waals surface area contributed by atoms with E-state index in [1.54, 1.807) is 24.3 Å². The van der Waals surface area contributed by atoms with E-state index in [0.717, 1.165) is 24.3 Å². The average molecular weight is 369 g/mol. The number of carbonyl (C=O) groups is 2. The molecule has 2 amide bonds. The molecule has 3 N–H and O–H groups in total. The summed E-state index contributed by atoms with van der Waals surface area (Å²) in [5.41, 5.74) is 1.87.